The van der Waals surface area contributed by atoms with Crippen molar-refractivity contribution in [3.05, 3.63) is 36.4 Å². The topological polar surface area (TPSA) is 17.1 Å². The van der Waals surface area contributed by atoms with Gasteiger partial charge in [-0.05, 0) is 6.92 Å². The molecule has 1 rings (SSSR count). The molecule has 0 aromatic heterocycles. The fourth-order valence-corrected chi connectivity index (χ4v) is 0.385. The highest BCUT2D eigenvalue weighted by Gasteiger charge is 1.95. The number of hydrogen-bond donors (Lipinski definition) is 0. The molecular weight excluding hydrogens is 148 g/mol. The van der Waals surface area contributed by atoms with Gasteiger partial charge in [-0.2, -0.15) is 0 Å². The summed E-state index contributed by atoms with van der Waals surface area (Å²) in [5.74, 6) is 0.472. The minimum atomic E-state index is 0.213. The van der Waals surface area contributed by atoms with E-state index in [0.29, 0.717) is 0 Å². The zero-order valence-electron chi connectivity index (χ0n) is 7.95. The zero-order chi connectivity index (χ0) is 9.40. The van der Waals surface area contributed by atoms with Crippen molar-refractivity contribution < 1.29 is 4.79 Å². The van der Waals surface area contributed by atoms with Crippen molar-refractivity contribution in [2.24, 2.45) is 5.92 Å². The maximum Gasteiger partial charge on any atom is 0.132 e. The van der Waals surface area contributed by atoms with Crippen molar-refractivity contribution in [3.63, 3.8) is 0 Å². The third-order valence-electron chi connectivity index (χ3n) is 1.48. The summed E-state index contributed by atoms with van der Waals surface area (Å²) in [6.45, 7) is 5.38. The van der Waals surface area contributed by atoms with Gasteiger partial charge in [-0.25, -0.2) is 0 Å². The van der Waals surface area contributed by atoms with Crippen molar-refractivity contribution >= 4 is 5.78 Å². The third-order valence-corrected chi connectivity index (χ3v) is 1.48. The van der Waals surface area contributed by atoms with Crippen LogP contribution in [0.1, 0.15) is 20.8 Å². The lowest BCUT2D eigenvalue weighted by molar-refractivity contribution is -0.119. The van der Waals surface area contributed by atoms with E-state index in [4.69, 9.17) is 0 Å². The van der Waals surface area contributed by atoms with Crippen LogP contribution in [0.15, 0.2) is 36.4 Å². The quantitative estimate of drug-likeness (QED) is 0.623. The van der Waals surface area contributed by atoms with Gasteiger partial charge in [0.05, 0.1) is 0 Å². The zero-order valence-corrected chi connectivity index (χ0v) is 7.95. The summed E-state index contributed by atoms with van der Waals surface area (Å²) in [7, 11) is 0. The molecule has 1 aromatic carbocycles. The highest BCUT2D eigenvalue weighted by atomic mass is 16.1. The maximum atomic E-state index is 10.1. The van der Waals surface area contributed by atoms with Gasteiger partial charge in [-0.3, -0.25) is 4.79 Å². The Bertz CT molecular complexity index is 175. The second-order valence-corrected chi connectivity index (χ2v) is 2.92. The van der Waals surface area contributed by atoms with Crippen LogP contribution in [-0.4, -0.2) is 5.78 Å². The number of carbonyl (C=O) groups is 1. The number of rotatable bonds is 1. The Hall–Kier alpha value is -1.11. The minimum absolute atomic E-state index is 0.213. The molecule has 12 heavy (non-hydrogen) atoms. The van der Waals surface area contributed by atoms with E-state index in [-0.39, 0.29) is 11.7 Å². The first-order valence-electron chi connectivity index (χ1n) is 4.15. The molecule has 0 aliphatic heterocycles. The van der Waals surface area contributed by atoms with Gasteiger partial charge in [0.2, 0.25) is 0 Å². The van der Waals surface area contributed by atoms with Crippen molar-refractivity contribution in [2.75, 3.05) is 0 Å². The lowest BCUT2D eigenvalue weighted by atomic mass is 10.1. The Kier molecular flexibility index (Phi) is 5.98. The summed E-state index contributed by atoms with van der Waals surface area (Å²) >= 11 is 0. The van der Waals surface area contributed by atoms with Crippen molar-refractivity contribution in [1.82, 2.24) is 0 Å². The highest BCUT2D eigenvalue weighted by molar-refractivity contribution is 5.77. The third kappa shape index (κ3) is 7.00. The molecule has 0 spiro atoms. The van der Waals surface area contributed by atoms with Crippen molar-refractivity contribution in [1.29, 1.82) is 0 Å². The first kappa shape index (κ1) is 10.9. The van der Waals surface area contributed by atoms with Gasteiger partial charge in [-0.15, -0.1) is 0 Å². The van der Waals surface area contributed by atoms with Gasteiger partial charge in [0.15, 0.2) is 0 Å². The van der Waals surface area contributed by atoms with E-state index in [1.807, 2.05) is 50.2 Å². The van der Waals surface area contributed by atoms with Gasteiger partial charge in [0.1, 0.15) is 5.78 Å². The van der Waals surface area contributed by atoms with E-state index >= 15 is 0 Å². The molecule has 0 bridgehead atoms. The number of hydrogen-bond acceptors (Lipinski definition) is 1. The number of Topliss-reactive ketones (excluding diaryl/α,β-unsaturated/α-hetero) is 1. The fourth-order valence-electron chi connectivity index (χ4n) is 0.385. The van der Waals surface area contributed by atoms with Crippen LogP contribution in [-0.2, 0) is 4.79 Å². The van der Waals surface area contributed by atoms with Crippen molar-refractivity contribution in [2.45, 2.75) is 20.8 Å². The summed E-state index contributed by atoms with van der Waals surface area (Å²) in [6, 6.07) is 12.0. The van der Waals surface area contributed by atoms with Gasteiger partial charge in [0, 0.05) is 5.92 Å². The van der Waals surface area contributed by atoms with Crippen LogP contribution in [0, 0.1) is 5.92 Å². The molecule has 0 heterocycles. The molecule has 0 radical (unpaired) electrons. The lowest BCUT2D eigenvalue weighted by Crippen LogP contribution is -1.98. The first-order chi connectivity index (χ1) is 5.64. The number of ketones is 1. The molecule has 0 aliphatic rings. The summed E-state index contributed by atoms with van der Waals surface area (Å²) in [5.41, 5.74) is 0. The average molecular weight is 164 g/mol. The van der Waals surface area contributed by atoms with Gasteiger partial charge in [-0.1, -0.05) is 50.2 Å². The largest absolute Gasteiger partial charge is 0.300 e. The van der Waals surface area contributed by atoms with Crippen LogP contribution in [0.3, 0.4) is 0 Å². The second kappa shape index (κ2) is 6.59. The molecule has 0 atom stereocenters. The predicted molar refractivity (Wildman–Crippen MR) is 52.0 cm³/mol. The van der Waals surface area contributed by atoms with E-state index in [0.717, 1.165) is 0 Å². The van der Waals surface area contributed by atoms with E-state index in [1.54, 1.807) is 6.92 Å². The van der Waals surface area contributed by atoms with Crippen LogP contribution in [0.2, 0.25) is 0 Å². The second-order valence-electron chi connectivity index (χ2n) is 2.92. The Labute approximate surface area is 74.4 Å². The molecule has 66 valence electrons. The Balaban J connectivity index is 0.000000202. The van der Waals surface area contributed by atoms with Crippen LogP contribution < -0.4 is 0 Å². The van der Waals surface area contributed by atoms with E-state index < -0.39 is 0 Å². The molecule has 1 heteroatoms. The van der Waals surface area contributed by atoms with Gasteiger partial charge >= 0.3 is 0 Å². The molecule has 0 fully saturated rings. The predicted octanol–water partition coefficient (Wildman–Crippen LogP) is 2.92. The Morgan fingerprint density at radius 2 is 1.08 bits per heavy atom. The first-order valence-corrected chi connectivity index (χ1v) is 4.15. The molecule has 0 unspecified atom stereocenters. The summed E-state index contributed by atoms with van der Waals surface area (Å²) in [6.07, 6.45) is 0. The summed E-state index contributed by atoms with van der Waals surface area (Å²) < 4.78 is 0. The molecule has 0 aliphatic carbocycles. The molecule has 0 saturated heterocycles. The monoisotopic (exact) mass is 164 g/mol. The standard InChI is InChI=1S/C6H6.C5H10O/c1-2-4-6-5-3-1;1-4(2)5(3)6/h1-6H;4H,1-3H3. The van der Waals surface area contributed by atoms with Crippen molar-refractivity contribution in [3.8, 4) is 0 Å². The highest BCUT2D eigenvalue weighted by Crippen LogP contribution is 1.89. The van der Waals surface area contributed by atoms with Crippen LogP contribution >= 0.6 is 0 Å². The molecule has 0 amide bonds. The fraction of sp³-hybridized carbons (Fsp3) is 0.364. The molecule has 1 aromatic rings. The number of benzene rings is 1. The van der Waals surface area contributed by atoms with E-state index in [1.165, 1.54) is 0 Å². The minimum Gasteiger partial charge on any atom is -0.300 e. The molecule has 0 saturated carbocycles. The average Bonchev–Trinajstić information content (AvgIpc) is 2.08. The maximum absolute atomic E-state index is 10.1. The molecule has 0 N–H and O–H groups in total. The van der Waals surface area contributed by atoms with Crippen LogP contribution in [0.5, 0.6) is 0 Å². The molecular formula is C11H16O. The normalized spacial score (nSPS) is 8.67. The van der Waals surface area contributed by atoms with E-state index in [9.17, 15) is 4.79 Å². The molecule has 1 nitrogen and oxygen atoms in total. The summed E-state index contributed by atoms with van der Waals surface area (Å²) in [5, 5.41) is 0. The lowest BCUT2D eigenvalue weighted by Gasteiger charge is -1.90. The smallest absolute Gasteiger partial charge is 0.132 e. The van der Waals surface area contributed by atoms with E-state index in [2.05, 4.69) is 0 Å². The van der Waals surface area contributed by atoms with Crippen LogP contribution in [0.4, 0.5) is 0 Å². The number of carbonyl (C=O) groups excluding carboxylic acids is 1. The summed E-state index contributed by atoms with van der Waals surface area (Å²) in [4.78, 5) is 10.1. The van der Waals surface area contributed by atoms with Crippen LogP contribution in [0.25, 0.3) is 0 Å². The SMILES string of the molecule is CC(=O)C(C)C.c1ccccc1. The Morgan fingerprint density at radius 3 is 1.17 bits per heavy atom. The Morgan fingerprint density at radius 1 is 0.917 bits per heavy atom. The van der Waals surface area contributed by atoms with Gasteiger partial charge in [0.25, 0.3) is 0 Å². The van der Waals surface area contributed by atoms with Gasteiger partial charge < -0.3 is 0 Å².